The molecule has 0 aliphatic heterocycles. The van der Waals surface area contributed by atoms with E-state index in [2.05, 4.69) is 48.8 Å². The molecule has 2 N–H and O–H groups in total. The number of hydrogen-bond acceptors (Lipinski definition) is 1. The van der Waals surface area contributed by atoms with Crippen molar-refractivity contribution < 1.29 is 4.79 Å². The van der Waals surface area contributed by atoms with Gasteiger partial charge in [-0.1, -0.05) is 57.4 Å². The van der Waals surface area contributed by atoms with E-state index in [1.165, 1.54) is 43.2 Å². The molecule has 2 rings (SSSR count). The summed E-state index contributed by atoms with van der Waals surface area (Å²) in [6, 6.07) is 6.06. The van der Waals surface area contributed by atoms with Gasteiger partial charge in [-0.15, -0.1) is 0 Å². The summed E-state index contributed by atoms with van der Waals surface area (Å²) in [5, 5.41) is 5.87. The van der Waals surface area contributed by atoms with Crippen molar-refractivity contribution in [3.8, 4) is 0 Å². The number of carbonyl (C=O) groups is 1. The Kier molecular flexibility index (Phi) is 6.50. The topological polar surface area (TPSA) is 41.1 Å². The van der Waals surface area contributed by atoms with Crippen molar-refractivity contribution in [2.24, 2.45) is 5.92 Å². The van der Waals surface area contributed by atoms with Gasteiger partial charge in [0.05, 0.1) is 0 Å². The molecule has 0 radical (unpaired) electrons. The molecule has 1 aliphatic rings. The first-order valence-electron chi connectivity index (χ1n) is 8.59. The van der Waals surface area contributed by atoms with Crippen LogP contribution in [-0.4, -0.2) is 6.03 Å². The Morgan fingerprint density at radius 1 is 1.14 bits per heavy atom. The third-order valence-corrected chi connectivity index (χ3v) is 4.47. The minimum absolute atomic E-state index is 0.150. The predicted octanol–water partition coefficient (Wildman–Crippen LogP) is 5.03. The molecule has 3 nitrogen and oxygen atoms in total. The monoisotopic (exact) mass is 300 g/mol. The van der Waals surface area contributed by atoms with Crippen LogP contribution in [0.1, 0.15) is 57.1 Å². The highest BCUT2D eigenvalue weighted by Gasteiger charge is 2.11. The third-order valence-electron chi connectivity index (χ3n) is 4.47. The fourth-order valence-corrected chi connectivity index (χ4v) is 3.14. The standard InChI is InChI=1S/C19H28N2O/c1-3-16-11-8-12-17(4-2)18(16)21-19(22)20-14-13-15-9-6-5-7-10-15/h8,11-15H,3-7,9-10H2,1-2H3,(H2,20,21,22)/b14-13+. The average Bonchev–Trinajstić information content (AvgIpc) is 2.56. The zero-order valence-electron chi connectivity index (χ0n) is 13.8. The lowest BCUT2D eigenvalue weighted by molar-refractivity contribution is 0.255. The second-order valence-electron chi connectivity index (χ2n) is 6.01. The first-order valence-corrected chi connectivity index (χ1v) is 8.59. The number of urea groups is 1. The maximum atomic E-state index is 12.1. The lowest BCUT2D eigenvalue weighted by Crippen LogP contribution is -2.25. The summed E-state index contributed by atoms with van der Waals surface area (Å²) >= 11 is 0. The van der Waals surface area contributed by atoms with Crippen molar-refractivity contribution in [3.05, 3.63) is 41.6 Å². The van der Waals surface area contributed by atoms with Crippen LogP contribution in [0.5, 0.6) is 0 Å². The molecular weight excluding hydrogens is 272 g/mol. The number of benzene rings is 1. The van der Waals surface area contributed by atoms with Gasteiger partial charge in [0.2, 0.25) is 0 Å². The smallest absolute Gasteiger partial charge is 0.315 e. The molecule has 0 bridgehead atoms. The van der Waals surface area contributed by atoms with Crippen LogP contribution < -0.4 is 10.6 Å². The highest BCUT2D eigenvalue weighted by molar-refractivity contribution is 5.91. The fourth-order valence-electron chi connectivity index (χ4n) is 3.14. The molecule has 0 aromatic heterocycles. The molecule has 0 heterocycles. The number of amides is 2. The van der Waals surface area contributed by atoms with Gasteiger partial charge in [-0.25, -0.2) is 4.79 Å². The van der Waals surface area contributed by atoms with Crippen LogP contribution in [0, 0.1) is 5.92 Å². The second-order valence-corrected chi connectivity index (χ2v) is 6.01. The number of nitrogens with one attached hydrogen (secondary N) is 2. The van der Waals surface area contributed by atoms with Crippen LogP contribution in [0.15, 0.2) is 30.5 Å². The molecule has 0 atom stereocenters. The van der Waals surface area contributed by atoms with Crippen LogP contribution in [-0.2, 0) is 12.8 Å². The lowest BCUT2D eigenvalue weighted by atomic mass is 9.89. The molecular formula is C19H28N2O. The van der Waals surface area contributed by atoms with Crippen molar-refractivity contribution in [3.63, 3.8) is 0 Å². The normalized spacial score (nSPS) is 15.9. The van der Waals surface area contributed by atoms with Crippen molar-refractivity contribution in [2.45, 2.75) is 58.8 Å². The number of para-hydroxylation sites is 1. The molecule has 1 fully saturated rings. The van der Waals surface area contributed by atoms with Gasteiger partial charge in [0, 0.05) is 11.9 Å². The van der Waals surface area contributed by atoms with Gasteiger partial charge in [0.1, 0.15) is 0 Å². The molecule has 0 spiro atoms. The summed E-state index contributed by atoms with van der Waals surface area (Å²) in [7, 11) is 0. The SMILES string of the molecule is CCc1cccc(CC)c1NC(=O)N/C=C/C1CCCCC1. The first kappa shape index (κ1) is 16.6. The zero-order chi connectivity index (χ0) is 15.8. The van der Waals surface area contributed by atoms with Gasteiger partial charge < -0.3 is 10.6 Å². The van der Waals surface area contributed by atoms with Gasteiger partial charge in [-0.05, 0) is 42.7 Å². The number of allylic oxidation sites excluding steroid dienone is 1. The molecule has 22 heavy (non-hydrogen) atoms. The van der Waals surface area contributed by atoms with Gasteiger partial charge >= 0.3 is 6.03 Å². The summed E-state index contributed by atoms with van der Waals surface area (Å²) < 4.78 is 0. The van der Waals surface area contributed by atoms with Crippen LogP contribution in [0.4, 0.5) is 10.5 Å². The van der Waals surface area contributed by atoms with Crippen LogP contribution >= 0.6 is 0 Å². The minimum Gasteiger partial charge on any atom is -0.315 e. The van der Waals surface area contributed by atoms with Crippen LogP contribution in [0.2, 0.25) is 0 Å². The average molecular weight is 300 g/mol. The Bertz CT molecular complexity index is 494. The van der Waals surface area contributed by atoms with Crippen molar-refractivity contribution >= 4 is 11.7 Å². The van der Waals surface area contributed by atoms with E-state index in [0.29, 0.717) is 5.92 Å². The zero-order valence-corrected chi connectivity index (χ0v) is 13.8. The maximum absolute atomic E-state index is 12.1. The third kappa shape index (κ3) is 4.62. The highest BCUT2D eigenvalue weighted by Crippen LogP contribution is 2.24. The van der Waals surface area contributed by atoms with E-state index in [1.54, 1.807) is 0 Å². The minimum atomic E-state index is -0.150. The van der Waals surface area contributed by atoms with Gasteiger partial charge in [-0.2, -0.15) is 0 Å². The Morgan fingerprint density at radius 2 is 1.77 bits per heavy atom. The quantitative estimate of drug-likeness (QED) is 0.787. The Morgan fingerprint density at radius 3 is 2.36 bits per heavy atom. The fraction of sp³-hybridized carbons (Fsp3) is 0.526. The maximum Gasteiger partial charge on any atom is 0.323 e. The lowest BCUT2D eigenvalue weighted by Gasteiger charge is -2.18. The van der Waals surface area contributed by atoms with E-state index < -0.39 is 0 Å². The molecule has 1 aromatic carbocycles. The summed E-state index contributed by atoms with van der Waals surface area (Å²) in [5.41, 5.74) is 3.34. The molecule has 1 saturated carbocycles. The second kappa shape index (κ2) is 8.62. The number of hydrogen-bond donors (Lipinski definition) is 2. The molecule has 3 heteroatoms. The van der Waals surface area contributed by atoms with Gasteiger partial charge in [0.25, 0.3) is 0 Å². The van der Waals surface area contributed by atoms with E-state index in [-0.39, 0.29) is 6.03 Å². The molecule has 120 valence electrons. The molecule has 2 amide bonds. The Labute approximate surface area is 134 Å². The molecule has 0 saturated heterocycles. The highest BCUT2D eigenvalue weighted by atomic mass is 16.2. The van der Waals surface area contributed by atoms with Crippen LogP contribution in [0.3, 0.4) is 0 Å². The van der Waals surface area contributed by atoms with Crippen LogP contribution in [0.25, 0.3) is 0 Å². The summed E-state index contributed by atoms with van der Waals surface area (Å²) in [4.78, 5) is 12.1. The van der Waals surface area contributed by atoms with Crippen molar-refractivity contribution in [1.29, 1.82) is 0 Å². The predicted molar refractivity (Wildman–Crippen MR) is 93.1 cm³/mol. The van der Waals surface area contributed by atoms with E-state index >= 15 is 0 Å². The summed E-state index contributed by atoms with van der Waals surface area (Å²) in [6.45, 7) is 4.22. The van der Waals surface area contributed by atoms with E-state index in [0.717, 1.165) is 18.5 Å². The van der Waals surface area contributed by atoms with Crippen molar-refractivity contribution in [2.75, 3.05) is 5.32 Å². The first-order chi connectivity index (χ1) is 10.7. The van der Waals surface area contributed by atoms with E-state index in [1.807, 2.05) is 6.20 Å². The van der Waals surface area contributed by atoms with E-state index in [4.69, 9.17) is 0 Å². The molecule has 1 aromatic rings. The molecule has 0 unspecified atom stereocenters. The van der Waals surface area contributed by atoms with Gasteiger partial charge in [-0.3, -0.25) is 0 Å². The largest absolute Gasteiger partial charge is 0.323 e. The number of carbonyl (C=O) groups excluding carboxylic acids is 1. The summed E-state index contributed by atoms with van der Waals surface area (Å²) in [6.07, 6.45) is 12.3. The number of anilines is 1. The molecule has 1 aliphatic carbocycles. The Hall–Kier alpha value is -1.77. The number of aryl methyl sites for hydroxylation is 2. The summed E-state index contributed by atoms with van der Waals surface area (Å²) in [5.74, 6) is 0.628. The number of rotatable bonds is 5. The van der Waals surface area contributed by atoms with E-state index in [9.17, 15) is 4.79 Å². The Balaban J connectivity index is 1.92. The van der Waals surface area contributed by atoms with Gasteiger partial charge in [0.15, 0.2) is 0 Å². The van der Waals surface area contributed by atoms with Crippen molar-refractivity contribution in [1.82, 2.24) is 5.32 Å².